The van der Waals surface area contributed by atoms with Gasteiger partial charge in [-0.05, 0) is 25.7 Å². The number of nitrogens with one attached hydrogen (secondary N) is 1. The van der Waals surface area contributed by atoms with Gasteiger partial charge < -0.3 is 20.7 Å². The third kappa shape index (κ3) is 6.59. The smallest absolute Gasteiger partial charge is 0.239 e. The molecule has 22 heavy (non-hydrogen) atoms. The first-order chi connectivity index (χ1) is 9.70. The largest absolute Gasteiger partial charge is 0.383 e. The summed E-state index contributed by atoms with van der Waals surface area (Å²) in [6.07, 6.45) is 8.97. The zero-order valence-corrected chi connectivity index (χ0v) is 15.1. The first kappa shape index (κ1) is 21.9. The number of carbonyl (C=O) groups is 1. The number of hydrogen-bond acceptors (Lipinski definition) is 4. The van der Waals surface area contributed by atoms with Gasteiger partial charge in [0.05, 0.1) is 6.61 Å². The summed E-state index contributed by atoms with van der Waals surface area (Å²) in [5, 5.41) is 3.06. The molecule has 0 bridgehead atoms. The van der Waals surface area contributed by atoms with Crippen molar-refractivity contribution in [1.82, 2.24) is 10.2 Å². The van der Waals surface area contributed by atoms with Gasteiger partial charge in [0.15, 0.2) is 0 Å². The maximum Gasteiger partial charge on any atom is 0.239 e. The van der Waals surface area contributed by atoms with Crippen LogP contribution in [0.5, 0.6) is 0 Å². The summed E-state index contributed by atoms with van der Waals surface area (Å²) in [5.74, 6) is -0.0806. The van der Waals surface area contributed by atoms with Gasteiger partial charge >= 0.3 is 0 Å². The number of halogens is 2. The van der Waals surface area contributed by atoms with Crippen LogP contribution in [0, 0.1) is 0 Å². The fraction of sp³-hybridized carbons (Fsp3) is 0.933. The number of nitrogens with two attached hydrogens (primary N) is 1. The molecule has 1 unspecified atom stereocenters. The first-order valence-electron chi connectivity index (χ1n) is 7.99. The number of rotatable bonds is 5. The molecular weight excluding hydrogens is 325 g/mol. The standard InChI is InChI=1S/C15H29N3O2.2ClH/c1-20-11-14(16)15(19)17-12-7-9-18(10-8-12)13-5-3-2-4-6-13;;/h12-14H,2-11,16H2,1H3,(H,17,19);2*1H. The molecule has 1 atom stereocenters. The Balaban J connectivity index is 0.00000220. The maximum absolute atomic E-state index is 11.9. The van der Waals surface area contributed by atoms with Crippen molar-refractivity contribution in [1.29, 1.82) is 0 Å². The molecule has 0 spiro atoms. The van der Waals surface area contributed by atoms with Gasteiger partial charge in [-0.1, -0.05) is 19.3 Å². The Labute approximate surface area is 146 Å². The predicted octanol–water partition coefficient (Wildman–Crippen LogP) is 1.72. The number of carbonyl (C=O) groups excluding carboxylic acids is 1. The van der Waals surface area contributed by atoms with Crippen molar-refractivity contribution < 1.29 is 9.53 Å². The van der Waals surface area contributed by atoms with Crippen LogP contribution in [0.1, 0.15) is 44.9 Å². The molecule has 2 fully saturated rings. The van der Waals surface area contributed by atoms with Crippen molar-refractivity contribution >= 4 is 30.7 Å². The Morgan fingerprint density at radius 3 is 2.32 bits per heavy atom. The van der Waals surface area contributed by atoms with Gasteiger partial charge in [-0.2, -0.15) is 0 Å². The summed E-state index contributed by atoms with van der Waals surface area (Å²) in [6, 6.07) is 0.526. The van der Waals surface area contributed by atoms with Gasteiger partial charge in [-0.15, -0.1) is 24.8 Å². The first-order valence-corrected chi connectivity index (χ1v) is 7.99. The fourth-order valence-corrected chi connectivity index (χ4v) is 3.42. The molecule has 132 valence electrons. The molecule has 7 heteroatoms. The molecule has 1 aliphatic carbocycles. The molecule has 1 saturated carbocycles. The van der Waals surface area contributed by atoms with Gasteiger partial charge in [0.2, 0.25) is 5.91 Å². The maximum atomic E-state index is 11.9. The minimum atomic E-state index is -0.545. The highest BCUT2D eigenvalue weighted by Crippen LogP contribution is 2.25. The van der Waals surface area contributed by atoms with Gasteiger partial charge in [0.1, 0.15) is 6.04 Å². The van der Waals surface area contributed by atoms with E-state index in [1.165, 1.54) is 32.1 Å². The summed E-state index contributed by atoms with van der Waals surface area (Å²) in [4.78, 5) is 14.5. The van der Waals surface area contributed by atoms with Gasteiger partial charge in [-0.3, -0.25) is 4.79 Å². The molecule has 0 aromatic carbocycles. The van der Waals surface area contributed by atoms with E-state index in [0.717, 1.165) is 32.0 Å². The minimum Gasteiger partial charge on any atom is -0.383 e. The molecule has 1 saturated heterocycles. The zero-order valence-electron chi connectivity index (χ0n) is 13.5. The topological polar surface area (TPSA) is 67.6 Å². The lowest BCUT2D eigenvalue weighted by Crippen LogP contribution is -2.52. The van der Waals surface area contributed by atoms with Crippen LogP contribution in [-0.4, -0.2) is 55.7 Å². The van der Waals surface area contributed by atoms with Crippen molar-refractivity contribution in [2.45, 2.75) is 63.1 Å². The minimum absolute atomic E-state index is 0. The summed E-state index contributed by atoms with van der Waals surface area (Å²) < 4.78 is 4.92. The van der Waals surface area contributed by atoms with Crippen LogP contribution in [0.4, 0.5) is 0 Å². The highest BCUT2D eigenvalue weighted by molar-refractivity contribution is 5.85. The molecule has 0 aromatic rings. The molecule has 3 N–H and O–H groups in total. The van der Waals surface area contributed by atoms with E-state index in [9.17, 15) is 4.79 Å². The van der Waals surface area contributed by atoms with Crippen LogP contribution in [0.2, 0.25) is 0 Å². The third-order valence-corrected chi connectivity index (χ3v) is 4.65. The molecule has 1 aliphatic heterocycles. The second-order valence-corrected chi connectivity index (χ2v) is 6.17. The van der Waals surface area contributed by atoms with Crippen molar-refractivity contribution in [2.24, 2.45) is 5.73 Å². The Bertz CT molecular complexity index is 307. The second-order valence-electron chi connectivity index (χ2n) is 6.17. The number of hydrogen-bond donors (Lipinski definition) is 2. The monoisotopic (exact) mass is 355 g/mol. The number of methoxy groups -OCH3 is 1. The lowest BCUT2D eigenvalue weighted by Gasteiger charge is -2.39. The third-order valence-electron chi connectivity index (χ3n) is 4.65. The van der Waals surface area contributed by atoms with E-state index in [4.69, 9.17) is 10.5 Å². The van der Waals surface area contributed by atoms with E-state index < -0.39 is 6.04 Å². The zero-order chi connectivity index (χ0) is 14.4. The number of amides is 1. The molecule has 2 rings (SSSR count). The summed E-state index contributed by atoms with van der Waals surface area (Å²) >= 11 is 0. The van der Waals surface area contributed by atoms with Crippen molar-refractivity contribution in [3.05, 3.63) is 0 Å². The van der Waals surface area contributed by atoms with Crippen LogP contribution in [-0.2, 0) is 9.53 Å². The second kappa shape index (κ2) is 11.5. The van der Waals surface area contributed by atoms with Crippen LogP contribution >= 0.6 is 24.8 Å². The van der Waals surface area contributed by atoms with E-state index >= 15 is 0 Å². The normalized spacial score (nSPS) is 22.3. The van der Waals surface area contributed by atoms with Crippen LogP contribution in [0.25, 0.3) is 0 Å². The van der Waals surface area contributed by atoms with Crippen LogP contribution in [0.15, 0.2) is 0 Å². The average molecular weight is 356 g/mol. The van der Waals surface area contributed by atoms with E-state index in [1.807, 2.05) is 0 Å². The lowest BCUT2D eigenvalue weighted by molar-refractivity contribution is -0.124. The Morgan fingerprint density at radius 1 is 1.18 bits per heavy atom. The molecule has 2 aliphatic rings. The van der Waals surface area contributed by atoms with E-state index in [0.29, 0.717) is 0 Å². The van der Waals surface area contributed by atoms with Crippen molar-refractivity contribution in [2.75, 3.05) is 26.8 Å². The van der Waals surface area contributed by atoms with Crippen molar-refractivity contribution in [3.8, 4) is 0 Å². The molecule has 1 amide bonds. The Hall–Kier alpha value is -0.0700. The molecule has 5 nitrogen and oxygen atoms in total. The van der Waals surface area contributed by atoms with Crippen LogP contribution < -0.4 is 11.1 Å². The van der Waals surface area contributed by atoms with Gasteiger partial charge in [0, 0.05) is 32.3 Å². The summed E-state index contributed by atoms with van der Waals surface area (Å²) in [6.45, 7) is 2.50. The Kier molecular flexibility index (Phi) is 11.4. The number of ether oxygens (including phenoxy) is 1. The SMILES string of the molecule is COCC(N)C(=O)NC1CCN(C2CCCCC2)CC1.Cl.Cl. The van der Waals surface area contributed by atoms with Gasteiger partial charge in [0.25, 0.3) is 0 Å². The van der Waals surface area contributed by atoms with Crippen molar-refractivity contribution in [3.63, 3.8) is 0 Å². The fourth-order valence-electron chi connectivity index (χ4n) is 3.42. The van der Waals surface area contributed by atoms with Gasteiger partial charge in [-0.25, -0.2) is 0 Å². The Morgan fingerprint density at radius 2 is 1.77 bits per heavy atom. The lowest BCUT2D eigenvalue weighted by atomic mass is 9.92. The average Bonchev–Trinajstić information content (AvgIpc) is 2.49. The quantitative estimate of drug-likeness (QED) is 0.787. The highest BCUT2D eigenvalue weighted by Gasteiger charge is 2.27. The van der Waals surface area contributed by atoms with E-state index in [-0.39, 0.29) is 43.4 Å². The highest BCUT2D eigenvalue weighted by atomic mass is 35.5. The van der Waals surface area contributed by atoms with E-state index in [2.05, 4.69) is 10.2 Å². The molecule has 1 heterocycles. The number of nitrogens with zero attached hydrogens (tertiary/aromatic N) is 1. The number of likely N-dealkylation sites (tertiary alicyclic amines) is 1. The van der Waals surface area contributed by atoms with E-state index in [1.54, 1.807) is 7.11 Å². The summed E-state index contributed by atoms with van der Waals surface area (Å²) in [5.41, 5.74) is 5.74. The predicted molar refractivity (Wildman–Crippen MR) is 94.0 cm³/mol. The molecule has 0 radical (unpaired) electrons. The molecule has 0 aromatic heterocycles. The summed E-state index contributed by atoms with van der Waals surface area (Å²) in [7, 11) is 1.57. The molecular formula is C15H31Cl2N3O2. The van der Waals surface area contributed by atoms with Crippen LogP contribution in [0.3, 0.4) is 0 Å². The number of piperidine rings is 1.